The van der Waals surface area contributed by atoms with Crippen LogP contribution < -0.4 is 21.3 Å². The van der Waals surface area contributed by atoms with Gasteiger partial charge in [-0.05, 0) is 111 Å². The molecule has 2 aliphatic rings. The number of halogens is 4. The van der Waals surface area contributed by atoms with Crippen LogP contribution in [0.25, 0.3) is 0 Å². The maximum Gasteiger partial charge on any atom is 0.0967 e. The summed E-state index contributed by atoms with van der Waals surface area (Å²) >= 11 is 16.3. The van der Waals surface area contributed by atoms with Crippen molar-refractivity contribution in [3.8, 4) is 0 Å². The van der Waals surface area contributed by atoms with Gasteiger partial charge in [-0.1, -0.05) is 108 Å². The fraction of sp³-hybridized carbons (Fsp3) is 0.467. The molecular formula is C45H66Br2Cl2N6. The lowest BCUT2D eigenvalue weighted by atomic mass is 10.0. The Hall–Kier alpha value is -2.14. The topological polar surface area (TPSA) is 65.0 Å². The third-order valence-electron chi connectivity index (χ3n) is 9.56. The van der Waals surface area contributed by atoms with Gasteiger partial charge in [0.2, 0.25) is 0 Å². The molecule has 4 N–H and O–H groups in total. The Morgan fingerprint density at radius 1 is 0.491 bits per heavy atom. The standard InChI is InChI=1S/C14H22N2.C13H21N3.C9H11Br.C8H10BrN.CH2Cl2/c1-12(2)13-5-4-6-14(11-13)16-9-7-15(3)8-10-16;1-11(14)12-4-3-5-13(10-12)16-8-6-15(2)7-9-16;1-7(2)8-4-3-5-9(10)6-8;1-6(10)7-3-2-4-8(9)5-7;2-1-3/h4-6,11-12H,7-10H2,1-3H3;3-5,10-11H,6-9,14H2,1-2H3;3-7H,1-2H3;2-6H,10H2,1H3;1H2/t;11-;;6-;/m.0.0./s1. The molecule has 2 fully saturated rings. The van der Waals surface area contributed by atoms with Crippen LogP contribution in [0.15, 0.2) is 106 Å². The van der Waals surface area contributed by atoms with Crippen molar-refractivity contribution in [3.63, 3.8) is 0 Å². The summed E-state index contributed by atoms with van der Waals surface area (Å²) in [5.74, 6) is 1.24. The minimum absolute atomic E-state index is 0.118. The largest absolute Gasteiger partial charge is 0.369 e. The third kappa shape index (κ3) is 19.2. The van der Waals surface area contributed by atoms with E-state index in [1.54, 1.807) is 0 Å². The van der Waals surface area contributed by atoms with Crippen LogP contribution in [0.5, 0.6) is 0 Å². The molecule has 55 heavy (non-hydrogen) atoms. The van der Waals surface area contributed by atoms with Crippen LogP contribution in [0.4, 0.5) is 11.4 Å². The Morgan fingerprint density at radius 3 is 1.09 bits per heavy atom. The van der Waals surface area contributed by atoms with E-state index in [0.29, 0.717) is 11.8 Å². The molecule has 10 heteroatoms. The normalized spacial score (nSPS) is 15.6. The molecule has 0 aromatic heterocycles. The van der Waals surface area contributed by atoms with Gasteiger partial charge < -0.3 is 31.1 Å². The Kier molecular flexibility index (Phi) is 23.8. The highest BCUT2D eigenvalue weighted by atomic mass is 79.9. The Labute approximate surface area is 360 Å². The molecule has 0 unspecified atom stereocenters. The molecule has 2 aliphatic heterocycles. The summed E-state index contributed by atoms with van der Waals surface area (Å²) in [5, 5.41) is 0.194. The van der Waals surface area contributed by atoms with Gasteiger partial charge in [0.25, 0.3) is 0 Å². The summed E-state index contributed by atoms with van der Waals surface area (Å²) in [7, 11) is 4.37. The fourth-order valence-corrected chi connectivity index (χ4v) is 6.70. The smallest absolute Gasteiger partial charge is 0.0967 e. The lowest BCUT2D eigenvalue weighted by molar-refractivity contribution is 0.313. The van der Waals surface area contributed by atoms with Gasteiger partial charge in [-0.2, -0.15) is 0 Å². The summed E-state index contributed by atoms with van der Waals surface area (Å²) in [6, 6.07) is 34.3. The van der Waals surface area contributed by atoms with Crippen LogP contribution in [0, 0.1) is 0 Å². The number of anilines is 2. The molecule has 0 saturated carbocycles. The summed E-state index contributed by atoms with van der Waals surface area (Å²) in [6.07, 6.45) is 0. The van der Waals surface area contributed by atoms with Gasteiger partial charge in [0.15, 0.2) is 0 Å². The molecule has 2 heterocycles. The average molecular weight is 922 g/mol. The van der Waals surface area contributed by atoms with Crippen molar-refractivity contribution in [2.45, 2.75) is 65.5 Å². The SMILES string of the molecule is CC(C)c1cccc(Br)c1.CC(C)c1cccc(N2CCN(C)CC2)c1.C[C@H](N)c1cccc(Br)c1.C[C@H](N)c1cccc(N2CCN(C)CC2)c1.ClCCl. The summed E-state index contributed by atoms with van der Waals surface area (Å²) in [4.78, 5) is 9.69. The third-order valence-corrected chi connectivity index (χ3v) is 10.5. The number of hydrogen-bond donors (Lipinski definition) is 2. The molecule has 0 spiro atoms. The first-order valence-electron chi connectivity index (χ1n) is 19.4. The van der Waals surface area contributed by atoms with Crippen LogP contribution in [0.3, 0.4) is 0 Å². The van der Waals surface area contributed by atoms with Crippen molar-refractivity contribution in [1.29, 1.82) is 0 Å². The monoisotopic (exact) mass is 918 g/mol. The van der Waals surface area contributed by atoms with E-state index in [0.717, 1.165) is 49.3 Å². The zero-order chi connectivity index (χ0) is 40.9. The zero-order valence-corrected chi connectivity index (χ0v) is 39.1. The molecule has 2 atom stereocenters. The number of nitrogens with zero attached hydrogens (tertiary/aromatic N) is 4. The van der Waals surface area contributed by atoms with Crippen molar-refractivity contribution in [2.75, 3.05) is 81.6 Å². The minimum atomic E-state index is 0.118. The lowest BCUT2D eigenvalue weighted by Crippen LogP contribution is -2.44. The number of benzene rings is 4. The van der Waals surface area contributed by atoms with Gasteiger partial charge >= 0.3 is 0 Å². The molecule has 0 radical (unpaired) electrons. The first-order chi connectivity index (χ1) is 26.1. The Bertz CT molecular complexity index is 1500. The van der Waals surface area contributed by atoms with E-state index in [1.807, 2.05) is 44.2 Å². The second-order valence-electron chi connectivity index (χ2n) is 14.9. The van der Waals surface area contributed by atoms with Crippen LogP contribution in [0.1, 0.15) is 87.7 Å². The minimum Gasteiger partial charge on any atom is -0.369 e. The molecule has 6 nitrogen and oxygen atoms in total. The maximum absolute atomic E-state index is 5.91. The fourth-order valence-electron chi connectivity index (χ4n) is 5.87. The van der Waals surface area contributed by atoms with Gasteiger partial charge in [0, 0.05) is 84.8 Å². The highest BCUT2D eigenvalue weighted by Crippen LogP contribution is 2.23. The lowest BCUT2D eigenvalue weighted by Gasteiger charge is -2.34. The van der Waals surface area contributed by atoms with Gasteiger partial charge in [-0.15, -0.1) is 23.2 Å². The van der Waals surface area contributed by atoms with E-state index in [9.17, 15) is 0 Å². The Balaban J connectivity index is 0.000000253. The van der Waals surface area contributed by atoms with Crippen molar-refractivity contribution >= 4 is 66.4 Å². The van der Waals surface area contributed by atoms with E-state index in [-0.39, 0.29) is 17.4 Å². The van der Waals surface area contributed by atoms with Crippen LogP contribution >= 0.6 is 55.1 Å². The zero-order valence-electron chi connectivity index (χ0n) is 34.4. The van der Waals surface area contributed by atoms with Crippen LogP contribution in [-0.2, 0) is 0 Å². The number of piperazine rings is 2. The van der Waals surface area contributed by atoms with Gasteiger partial charge in [-0.25, -0.2) is 0 Å². The number of likely N-dealkylation sites (N-methyl/N-ethyl adjacent to an activating group) is 2. The summed E-state index contributed by atoms with van der Waals surface area (Å²) in [5.41, 5.74) is 19.5. The van der Waals surface area contributed by atoms with E-state index < -0.39 is 0 Å². The van der Waals surface area contributed by atoms with Crippen LogP contribution in [-0.4, -0.2) is 81.6 Å². The highest BCUT2D eigenvalue weighted by Gasteiger charge is 2.16. The van der Waals surface area contributed by atoms with E-state index in [1.165, 1.54) is 45.6 Å². The maximum atomic E-state index is 5.91. The second-order valence-corrected chi connectivity index (χ2v) is 17.5. The first kappa shape index (κ1) is 49.0. The number of nitrogens with two attached hydrogens (primary N) is 2. The van der Waals surface area contributed by atoms with E-state index >= 15 is 0 Å². The second kappa shape index (κ2) is 26.7. The quantitative estimate of drug-likeness (QED) is 0.188. The number of alkyl halides is 2. The predicted octanol–water partition coefficient (Wildman–Crippen LogP) is 11.5. The molecule has 0 aliphatic carbocycles. The molecule has 0 amide bonds. The summed E-state index contributed by atoms with van der Waals surface area (Å²) in [6.45, 7) is 22.1. The van der Waals surface area contributed by atoms with Gasteiger partial charge in [-0.3, -0.25) is 0 Å². The first-order valence-corrected chi connectivity index (χ1v) is 22.0. The van der Waals surface area contributed by atoms with Crippen molar-refractivity contribution in [2.24, 2.45) is 11.5 Å². The highest BCUT2D eigenvalue weighted by molar-refractivity contribution is 9.10. The number of hydrogen-bond acceptors (Lipinski definition) is 6. The van der Waals surface area contributed by atoms with Crippen molar-refractivity contribution in [1.82, 2.24) is 9.80 Å². The van der Waals surface area contributed by atoms with Gasteiger partial charge in [0.05, 0.1) is 5.34 Å². The predicted molar refractivity (Wildman–Crippen MR) is 251 cm³/mol. The Morgan fingerprint density at radius 2 is 0.782 bits per heavy atom. The number of rotatable bonds is 6. The molecule has 0 bridgehead atoms. The van der Waals surface area contributed by atoms with Crippen LogP contribution in [0.2, 0.25) is 0 Å². The molecule has 6 rings (SSSR count). The average Bonchev–Trinajstić information content (AvgIpc) is 3.16. The summed E-state index contributed by atoms with van der Waals surface area (Å²) < 4.78 is 2.25. The van der Waals surface area contributed by atoms with E-state index in [2.05, 4.69) is 160 Å². The van der Waals surface area contributed by atoms with E-state index in [4.69, 9.17) is 34.7 Å². The van der Waals surface area contributed by atoms with Crippen molar-refractivity contribution < 1.29 is 0 Å². The molecular weight excluding hydrogens is 855 g/mol. The van der Waals surface area contributed by atoms with Crippen molar-refractivity contribution in [3.05, 3.63) is 128 Å². The molecule has 4 aromatic rings. The van der Waals surface area contributed by atoms with Gasteiger partial charge in [0.1, 0.15) is 0 Å². The molecule has 304 valence electrons. The molecule has 4 aromatic carbocycles. The molecule has 2 saturated heterocycles.